The zero-order valence-electron chi connectivity index (χ0n) is 12.0. The van der Waals surface area contributed by atoms with Gasteiger partial charge in [0.05, 0.1) is 25.4 Å². The molecule has 0 aliphatic heterocycles. The van der Waals surface area contributed by atoms with E-state index >= 15 is 0 Å². The summed E-state index contributed by atoms with van der Waals surface area (Å²) >= 11 is 3.24. The van der Waals surface area contributed by atoms with Crippen LogP contribution < -0.4 is 11.2 Å². The quantitative estimate of drug-likeness (QED) is 0.729. The van der Waals surface area contributed by atoms with Crippen molar-refractivity contribution in [3.8, 4) is 0 Å². The molecule has 2 N–H and O–H groups in total. The summed E-state index contributed by atoms with van der Waals surface area (Å²) in [6.07, 6.45) is -0.787. The molecule has 0 aliphatic carbocycles. The van der Waals surface area contributed by atoms with Crippen molar-refractivity contribution in [3.63, 3.8) is 0 Å². The highest BCUT2D eigenvalue weighted by Crippen LogP contribution is 2.16. The standard InChI is InChI=1S/C12H17BrN4O4/c1-6(2)21-5-7(18)4-17-8-9(14-11(17)13)16(3)12(20)15-10(8)19/h6-7,18H,4-5H2,1-3H3,(H,15,19,20)/t7-/m0/s1. The van der Waals surface area contributed by atoms with E-state index in [9.17, 15) is 14.7 Å². The van der Waals surface area contributed by atoms with E-state index in [-0.39, 0.29) is 30.4 Å². The van der Waals surface area contributed by atoms with Gasteiger partial charge in [-0.1, -0.05) is 0 Å². The van der Waals surface area contributed by atoms with Crippen LogP contribution in [0.3, 0.4) is 0 Å². The molecule has 116 valence electrons. The van der Waals surface area contributed by atoms with E-state index in [1.165, 1.54) is 16.2 Å². The Kier molecular flexibility index (Phi) is 4.64. The Bertz CT molecular complexity index is 761. The molecular formula is C12H17BrN4O4. The van der Waals surface area contributed by atoms with Crippen LogP contribution in [0.4, 0.5) is 0 Å². The first-order valence-electron chi connectivity index (χ1n) is 6.46. The van der Waals surface area contributed by atoms with Crippen LogP contribution >= 0.6 is 15.9 Å². The molecule has 0 aromatic carbocycles. The van der Waals surface area contributed by atoms with Gasteiger partial charge in [-0.05, 0) is 29.8 Å². The van der Waals surface area contributed by atoms with Gasteiger partial charge in [0.15, 0.2) is 15.9 Å². The highest BCUT2D eigenvalue weighted by atomic mass is 79.9. The van der Waals surface area contributed by atoms with Crippen LogP contribution in [0.2, 0.25) is 0 Å². The first-order chi connectivity index (χ1) is 9.81. The number of nitrogens with one attached hydrogen (secondary N) is 1. The Labute approximate surface area is 128 Å². The van der Waals surface area contributed by atoms with Crippen LogP contribution in [0.15, 0.2) is 14.3 Å². The second kappa shape index (κ2) is 6.12. The van der Waals surface area contributed by atoms with E-state index in [4.69, 9.17) is 4.74 Å². The fourth-order valence-corrected chi connectivity index (χ4v) is 2.43. The first kappa shape index (κ1) is 15.9. The molecule has 0 aliphatic rings. The Morgan fingerprint density at radius 1 is 1.43 bits per heavy atom. The van der Waals surface area contributed by atoms with Gasteiger partial charge in [0.25, 0.3) is 5.56 Å². The molecule has 0 saturated carbocycles. The molecule has 2 aromatic rings. The number of hydrogen-bond donors (Lipinski definition) is 2. The summed E-state index contributed by atoms with van der Waals surface area (Å²) in [6.45, 7) is 4.02. The molecule has 21 heavy (non-hydrogen) atoms. The maximum absolute atomic E-state index is 12.0. The van der Waals surface area contributed by atoms with Crippen molar-refractivity contribution in [3.05, 3.63) is 25.6 Å². The molecule has 0 saturated heterocycles. The lowest BCUT2D eigenvalue weighted by atomic mass is 10.3. The van der Waals surface area contributed by atoms with Crippen LogP contribution in [0.5, 0.6) is 0 Å². The molecule has 1 atom stereocenters. The van der Waals surface area contributed by atoms with Gasteiger partial charge in [-0.3, -0.25) is 14.3 Å². The van der Waals surface area contributed by atoms with Crippen LogP contribution in [-0.2, 0) is 18.3 Å². The number of aryl methyl sites for hydroxylation is 1. The average molecular weight is 361 g/mol. The maximum Gasteiger partial charge on any atom is 0.329 e. The van der Waals surface area contributed by atoms with E-state index in [1.807, 2.05) is 13.8 Å². The van der Waals surface area contributed by atoms with Crippen LogP contribution in [-0.4, -0.2) is 43.0 Å². The molecule has 0 radical (unpaired) electrons. The van der Waals surface area contributed by atoms with Gasteiger partial charge in [0.1, 0.15) is 0 Å². The molecule has 0 unspecified atom stereocenters. The van der Waals surface area contributed by atoms with E-state index in [1.54, 1.807) is 0 Å². The summed E-state index contributed by atoms with van der Waals surface area (Å²) in [5, 5.41) is 9.99. The summed E-state index contributed by atoms with van der Waals surface area (Å²) in [5.74, 6) is 0. The predicted octanol–water partition coefficient (Wildman–Crippen LogP) is -0.0283. The number of rotatable bonds is 5. The average Bonchev–Trinajstić information content (AvgIpc) is 2.72. The van der Waals surface area contributed by atoms with Crippen molar-refractivity contribution in [2.24, 2.45) is 7.05 Å². The van der Waals surface area contributed by atoms with Gasteiger partial charge in [-0.2, -0.15) is 0 Å². The van der Waals surface area contributed by atoms with E-state index in [0.717, 1.165) is 0 Å². The van der Waals surface area contributed by atoms with Crippen LogP contribution in [0.25, 0.3) is 11.2 Å². The van der Waals surface area contributed by atoms with Gasteiger partial charge >= 0.3 is 5.69 Å². The van der Waals surface area contributed by atoms with Crippen molar-refractivity contribution in [2.45, 2.75) is 32.6 Å². The maximum atomic E-state index is 12.0. The highest BCUT2D eigenvalue weighted by molar-refractivity contribution is 9.10. The number of fused-ring (bicyclic) bond motifs is 1. The summed E-state index contributed by atoms with van der Waals surface area (Å²) in [4.78, 5) is 29.9. The molecule has 9 heteroatoms. The van der Waals surface area contributed by atoms with Crippen molar-refractivity contribution >= 4 is 27.1 Å². The second-order valence-electron chi connectivity index (χ2n) is 5.02. The fourth-order valence-electron chi connectivity index (χ4n) is 1.94. The highest BCUT2D eigenvalue weighted by Gasteiger charge is 2.18. The third-order valence-electron chi connectivity index (χ3n) is 2.98. The minimum Gasteiger partial charge on any atom is -0.389 e. The smallest absolute Gasteiger partial charge is 0.329 e. The third-order valence-corrected chi connectivity index (χ3v) is 3.58. The largest absolute Gasteiger partial charge is 0.389 e. The molecule has 2 heterocycles. The number of aliphatic hydroxyl groups excluding tert-OH is 1. The van der Waals surface area contributed by atoms with Crippen molar-refractivity contribution < 1.29 is 9.84 Å². The number of aliphatic hydroxyl groups is 1. The lowest BCUT2D eigenvalue weighted by Gasteiger charge is -2.14. The number of ether oxygens (including phenoxy) is 1. The topological polar surface area (TPSA) is 102 Å². The van der Waals surface area contributed by atoms with Gasteiger partial charge in [0, 0.05) is 7.05 Å². The lowest BCUT2D eigenvalue weighted by molar-refractivity contribution is -0.000530. The molecule has 2 aromatic heterocycles. The van der Waals surface area contributed by atoms with Crippen molar-refractivity contribution in [2.75, 3.05) is 6.61 Å². The van der Waals surface area contributed by atoms with Crippen LogP contribution in [0, 0.1) is 0 Å². The molecule has 2 rings (SSSR count). The zero-order valence-corrected chi connectivity index (χ0v) is 13.5. The minimum absolute atomic E-state index is 0.00634. The van der Waals surface area contributed by atoms with Gasteiger partial charge < -0.3 is 14.4 Å². The number of aromatic nitrogens is 4. The van der Waals surface area contributed by atoms with E-state index in [2.05, 4.69) is 25.9 Å². The molecule has 8 nitrogen and oxygen atoms in total. The van der Waals surface area contributed by atoms with Crippen LogP contribution in [0.1, 0.15) is 13.8 Å². The third kappa shape index (κ3) is 3.25. The summed E-state index contributed by atoms with van der Waals surface area (Å²) < 4.78 is 8.47. The number of halogens is 1. The minimum atomic E-state index is -0.794. The summed E-state index contributed by atoms with van der Waals surface area (Å²) in [6, 6.07) is 0. The van der Waals surface area contributed by atoms with E-state index < -0.39 is 17.4 Å². The molecule has 0 amide bonds. The first-order valence-corrected chi connectivity index (χ1v) is 7.25. The number of aromatic amines is 1. The van der Waals surface area contributed by atoms with Crippen molar-refractivity contribution in [1.29, 1.82) is 0 Å². The predicted molar refractivity (Wildman–Crippen MR) is 80.4 cm³/mol. The molecule has 0 bridgehead atoms. The Morgan fingerprint density at radius 3 is 2.71 bits per heavy atom. The summed E-state index contributed by atoms with van der Waals surface area (Å²) in [7, 11) is 1.52. The Balaban J connectivity index is 2.41. The number of nitrogens with zero attached hydrogens (tertiary/aromatic N) is 3. The number of imidazole rings is 1. The van der Waals surface area contributed by atoms with Gasteiger partial charge in [-0.25, -0.2) is 9.78 Å². The monoisotopic (exact) mass is 360 g/mol. The van der Waals surface area contributed by atoms with Gasteiger partial charge in [0.2, 0.25) is 0 Å². The van der Waals surface area contributed by atoms with Gasteiger partial charge in [-0.15, -0.1) is 0 Å². The molecule has 0 spiro atoms. The SMILES string of the molecule is CC(C)OC[C@@H](O)Cn1c(Br)nc2c1c(=O)[nH]c(=O)n2C. The summed E-state index contributed by atoms with van der Waals surface area (Å²) in [5.41, 5.74) is -0.586. The zero-order chi connectivity index (χ0) is 15.7. The molecule has 0 fully saturated rings. The Hall–Kier alpha value is -1.45. The normalized spacial score (nSPS) is 13.2. The second-order valence-corrected chi connectivity index (χ2v) is 5.73. The number of hydrogen-bond acceptors (Lipinski definition) is 5. The number of H-pyrrole nitrogens is 1. The lowest BCUT2D eigenvalue weighted by Crippen LogP contribution is -2.30. The van der Waals surface area contributed by atoms with Crippen molar-refractivity contribution in [1.82, 2.24) is 19.1 Å². The fraction of sp³-hybridized carbons (Fsp3) is 0.583. The Morgan fingerprint density at radius 2 is 2.10 bits per heavy atom. The van der Waals surface area contributed by atoms with E-state index in [0.29, 0.717) is 4.73 Å². The molecular weight excluding hydrogens is 344 g/mol.